The van der Waals surface area contributed by atoms with E-state index in [-0.39, 0.29) is 28.6 Å². The van der Waals surface area contributed by atoms with Crippen molar-refractivity contribution >= 4 is 46.7 Å². The monoisotopic (exact) mass is 428 g/mol. The van der Waals surface area contributed by atoms with Crippen molar-refractivity contribution in [1.82, 2.24) is 0 Å². The number of halogens is 1. The molecule has 0 saturated heterocycles. The summed E-state index contributed by atoms with van der Waals surface area (Å²) in [5.74, 6) is -2.67. The van der Waals surface area contributed by atoms with Crippen LogP contribution in [-0.2, 0) is 19.1 Å². The number of nitrogens with zero attached hydrogens (tertiary/aromatic N) is 1. The van der Waals surface area contributed by atoms with E-state index in [4.69, 9.17) is 21.1 Å². The van der Waals surface area contributed by atoms with Crippen molar-refractivity contribution in [3.05, 3.63) is 70.4 Å². The van der Waals surface area contributed by atoms with Gasteiger partial charge in [-0.3, -0.25) is 9.59 Å². The zero-order valence-electron chi connectivity index (χ0n) is 16.1. The molecule has 154 valence electrons. The summed E-state index contributed by atoms with van der Waals surface area (Å²) >= 11 is 6.12. The minimum atomic E-state index is -0.774. The second kappa shape index (κ2) is 8.79. The SMILES string of the molecule is CCOC(=O)c1ccc(NC2=C(Cl)C(=O)N(c3ccccc3C(=O)OC)C2=O)cc1. The Labute approximate surface area is 177 Å². The average Bonchev–Trinajstić information content (AvgIpc) is 2.97. The molecule has 1 N–H and O–H groups in total. The van der Waals surface area contributed by atoms with Crippen molar-refractivity contribution in [2.75, 3.05) is 23.9 Å². The quantitative estimate of drug-likeness (QED) is 0.557. The van der Waals surface area contributed by atoms with Gasteiger partial charge in [0.1, 0.15) is 10.7 Å². The van der Waals surface area contributed by atoms with E-state index >= 15 is 0 Å². The first-order chi connectivity index (χ1) is 14.4. The lowest BCUT2D eigenvalue weighted by atomic mass is 10.1. The highest BCUT2D eigenvalue weighted by Crippen LogP contribution is 2.32. The van der Waals surface area contributed by atoms with Gasteiger partial charge in [-0.15, -0.1) is 0 Å². The Kier molecular flexibility index (Phi) is 6.17. The molecule has 0 aromatic heterocycles. The van der Waals surface area contributed by atoms with Crippen molar-refractivity contribution in [3.8, 4) is 0 Å². The zero-order valence-corrected chi connectivity index (χ0v) is 16.9. The standard InChI is InChI=1S/C21H17ClN2O6/c1-3-30-20(27)12-8-10-13(11-9-12)23-17-16(22)18(25)24(19(17)26)15-7-5-4-6-14(15)21(28)29-2/h4-11,23H,3H2,1-2H3. The van der Waals surface area contributed by atoms with Gasteiger partial charge in [0.05, 0.1) is 30.5 Å². The van der Waals surface area contributed by atoms with Crippen LogP contribution in [0.25, 0.3) is 0 Å². The summed E-state index contributed by atoms with van der Waals surface area (Å²) in [5.41, 5.74) is 0.730. The number of para-hydroxylation sites is 1. The van der Waals surface area contributed by atoms with Crippen molar-refractivity contribution in [1.29, 1.82) is 0 Å². The van der Waals surface area contributed by atoms with Gasteiger partial charge in [0.25, 0.3) is 11.8 Å². The van der Waals surface area contributed by atoms with E-state index < -0.39 is 23.8 Å². The highest BCUT2D eigenvalue weighted by Gasteiger charge is 2.40. The number of rotatable bonds is 6. The number of hydrogen-bond acceptors (Lipinski definition) is 7. The van der Waals surface area contributed by atoms with Gasteiger partial charge in [-0.25, -0.2) is 14.5 Å². The summed E-state index contributed by atoms with van der Waals surface area (Å²) in [6.45, 7) is 1.95. The highest BCUT2D eigenvalue weighted by molar-refractivity contribution is 6.53. The Morgan fingerprint density at radius 3 is 2.30 bits per heavy atom. The van der Waals surface area contributed by atoms with Gasteiger partial charge >= 0.3 is 11.9 Å². The molecule has 0 saturated carbocycles. The predicted octanol–water partition coefficient (Wildman–Crippen LogP) is 3.09. The maximum absolute atomic E-state index is 12.9. The van der Waals surface area contributed by atoms with Crippen LogP contribution in [0.2, 0.25) is 0 Å². The van der Waals surface area contributed by atoms with Crippen LogP contribution in [-0.4, -0.2) is 37.5 Å². The lowest BCUT2D eigenvalue weighted by Crippen LogP contribution is -2.33. The number of hydrogen-bond donors (Lipinski definition) is 1. The molecule has 2 aromatic rings. The van der Waals surface area contributed by atoms with Crippen LogP contribution >= 0.6 is 11.6 Å². The molecule has 0 spiro atoms. The topological polar surface area (TPSA) is 102 Å². The van der Waals surface area contributed by atoms with E-state index in [1.54, 1.807) is 31.2 Å². The van der Waals surface area contributed by atoms with Crippen molar-refractivity contribution in [2.45, 2.75) is 6.92 Å². The van der Waals surface area contributed by atoms with E-state index in [0.29, 0.717) is 11.3 Å². The highest BCUT2D eigenvalue weighted by atomic mass is 35.5. The van der Waals surface area contributed by atoms with Gasteiger partial charge < -0.3 is 14.8 Å². The van der Waals surface area contributed by atoms with Crippen molar-refractivity contribution in [2.24, 2.45) is 0 Å². The molecule has 2 aromatic carbocycles. The third-order valence-corrected chi connectivity index (χ3v) is 4.59. The normalized spacial score (nSPS) is 13.5. The Balaban J connectivity index is 1.87. The molecule has 9 heteroatoms. The molecule has 0 unspecified atom stereocenters. The van der Waals surface area contributed by atoms with E-state index in [9.17, 15) is 19.2 Å². The zero-order chi connectivity index (χ0) is 21.8. The number of carbonyl (C=O) groups is 4. The summed E-state index contributed by atoms with van der Waals surface area (Å²) in [6.07, 6.45) is 0. The number of esters is 2. The van der Waals surface area contributed by atoms with Gasteiger partial charge in [-0.1, -0.05) is 23.7 Å². The first-order valence-electron chi connectivity index (χ1n) is 8.89. The number of anilines is 2. The third kappa shape index (κ3) is 3.90. The lowest BCUT2D eigenvalue weighted by molar-refractivity contribution is -0.120. The van der Waals surface area contributed by atoms with E-state index in [2.05, 4.69) is 5.32 Å². The molecule has 1 aliphatic heterocycles. The van der Waals surface area contributed by atoms with Crippen LogP contribution in [0.4, 0.5) is 11.4 Å². The van der Waals surface area contributed by atoms with Gasteiger partial charge in [-0.2, -0.15) is 0 Å². The fourth-order valence-corrected chi connectivity index (χ4v) is 3.04. The molecular weight excluding hydrogens is 412 g/mol. The number of ether oxygens (including phenoxy) is 2. The Hall–Kier alpha value is -3.65. The van der Waals surface area contributed by atoms with Crippen molar-refractivity contribution < 1.29 is 28.7 Å². The number of benzene rings is 2. The predicted molar refractivity (Wildman–Crippen MR) is 109 cm³/mol. The number of amides is 2. The molecule has 8 nitrogen and oxygen atoms in total. The van der Waals surface area contributed by atoms with Crippen LogP contribution in [0.3, 0.4) is 0 Å². The van der Waals surface area contributed by atoms with Crippen LogP contribution in [0, 0.1) is 0 Å². The maximum atomic E-state index is 12.9. The van der Waals surface area contributed by atoms with Crippen LogP contribution in [0.15, 0.2) is 59.3 Å². The maximum Gasteiger partial charge on any atom is 0.339 e. The fourth-order valence-electron chi connectivity index (χ4n) is 2.83. The van der Waals surface area contributed by atoms with Crippen LogP contribution in [0.1, 0.15) is 27.6 Å². The van der Waals surface area contributed by atoms with Gasteiger partial charge in [0.2, 0.25) is 0 Å². The molecule has 3 rings (SSSR count). The van der Waals surface area contributed by atoms with Gasteiger partial charge in [0, 0.05) is 5.69 Å². The molecule has 0 atom stereocenters. The second-order valence-corrected chi connectivity index (χ2v) is 6.44. The molecule has 1 heterocycles. The van der Waals surface area contributed by atoms with E-state index in [1.807, 2.05) is 0 Å². The summed E-state index contributed by atoms with van der Waals surface area (Å²) in [4.78, 5) is 50.2. The molecule has 0 bridgehead atoms. The number of methoxy groups -OCH3 is 1. The molecule has 0 fully saturated rings. The fraction of sp³-hybridized carbons (Fsp3) is 0.143. The molecule has 1 aliphatic rings. The largest absolute Gasteiger partial charge is 0.465 e. The van der Waals surface area contributed by atoms with Gasteiger partial charge in [0.15, 0.2) is 0 Å². The average molecular weight is 429 g/mol. The Morgan fingerprint density at radius 2 is 1.67 bits per heavy atom. The molecule has 30 heavy (non-hydrogen) atoms. The Morgan fingerprint density at radius 1 is 1.00 bits per heavy atom. The smallest absolute Gasteiger partial charge is 0.339 e. The summed E-state index contributed by atoms with van der Waals surface area (Å²) < 4.78 is 9.64. The lowest BCUT2D eigenvalue weighted by Gasteiger charge is -2.17. The van der Waals surface area contributed by atoms with Crippen LogP contribution < -0.4 is 10.2 Å². The summed E-state index contributed by atoms with van der Waals surface area (Å²) in [5, 5.41) is 2.47. The van der Waals surface area contributed by atoms with E-state index in [0.717, 1.165) is 4.90 Å². The minimum Gasteiger partial charge on any atom is -0.465 e. The summed E-state index contributed by atoms with van der Waals surface area (Å²) in [7, 11) is 1.20. The molecule has 0 aliphatic carbocycles. The first-order valence-corrected chi connectivity index (χ1v) is 9.27. The molecule has 0 radical (unpaired) electrons. The number of carbonyl (C=O) groups excluding carboxylic acids is 4. The van der Waals surface area contributed by atoms with Crippen LogP contribution in [0.5, 0.6) is 0 Å². The Bertz CT molecular complexity index is 1060. The third-order valence-electron chi connectivity index (χ3n) is 4.24. The molecule has 2 amide bonds. The second-order valence-electron chi connectivity index (χ2n) is 6.07. The number of imide groups is 1. The summed E-state index contributed by atoms with van der Waals surface area (Å²) in [6, 6.07) is 12.2. The van der Waals surface area contributed by atoms with E-state index in [1.165, 1.54) is 31.4 Å². The minimum absolute atomic E-state index is 0.0474. The number of nitrogens with one attached hydrogen (secondary N) is 1. The van der Waals surface area contributed by atoms with Gasteiger partial charge in [-0.05, 0) is 43.3 Å². The first kappa shape index (κ1) is 21.1. The molecular formula is C21H17ClN2O6. The van der Waals surface area contributed by atoms with Crippen molar-refractivity contribution in [3.63, 3.8) is 0 Å².